The van der Waals surface area contributed by atoms with Crippen LogP contribution in [-0.4, -0.2) is 20.7 Å². The van der Waals surface area contributed by atoms with Gasteiger partial charge in [-0.05, 0) is 36.2 Å². The van der Waals surface area contributed by atoms with Gasteiger partial charge >= 0.3 is 0 Å². The Hall–Kier alpha value is -2.95. The average Bonchev–Trinajstić information content (AvgIpc) is 3.10. The number of carbonyl (C=O) groups excluding carboxylic acids is 1. The van der Waals surface area contributed by atoms with E-state index in [4.69, 9.17) is 0 Å². The van der Waals surface area contributed by atoms with Crippen LogP contribution in [0.5, 0.6) is 0 Å². The molecule has 1 amide bonds. The normalized spacial score (nSPS) is 11.9. The van der Waals surface area contributed by atoms with E-state index in [1.165, 1.54) is 0 Å². The van der Waals surface area contributed by atoms with Crippen molar-refractivity contribution in [3.05, 3.63) is 78.4 Å². The molecule has 116 valence electrons. The maximum atomic E-state index is 12.2. The molecule has 0 aliphatic heterocycles. The number of para-hydroxylation sites is 1. The Labute approximate surface area is 135 Å². The molecule has 0 saturated carbocycles. The molecule has 0 radical (unpaired) electrons. The number of nitrogens with zero attached hydrogens (tertiary/aromatic N) is 3. The van der Waals surface area contributed by atoms with Crippen LogP contribution in [0.4, 0.5) is 0 Å². The number of rotatable bonds is 5. The predicted octanol–water partition coefficient (Wildman–Crippen LogP) is 2.69. The SMILES string of the molecule is C[C@@H](NC(=O)Cc1cccnc1)c1ccccc1-n1cccn1. The maximum Gasteiger partial charge on any atom is 0.224 e. The van der Waals surface area contributed by atoms with Crippen molar-refractivity contribution in [2.75, 3.05) is 0 Å². The van der Waals surface area contributed by atoms with Crippen LogP contribution in [0.2, 0.25) is 0 Å². The van der Waals surface area contributed by atoms with Crippen molar-refractivity contribution in [1.82, 2.24) is 20.1 Å². The molecular weight excluding hydrogens is 288 g/mol. The summed E-state index contributed by atoms with van der Waals surface area (Å²) in [5, 5.41) is 7.31. The number of amides is 1. The lowest BCUT2D eigenvalue weighted by molar-refractivity contribution is -0.121. The molecule has 3 aromatic rings. The van der Waals surface area contributed by atoms with E-state index in [0.717, 1.165) is 16.8 Å². The van der Waals surface area contributed by atoms with E-state index in [0.29, 0.717) is 6.42 Å². The summed E-state index contributed by atoms with van der Waals surface area (Å²) in [4.78, 5) is 16.3. The van der Waals surface area contributed by atoms with E-state index in [-0.39, 0.29) is 11.9 Å². The van der Waals surface area contributed by atoms with Crippen LogP contribution >= 0.6 is 0 Å². The number of pyridine rings is 1. The summed E-state index contributed by atoms with van der Waals surface area (Å²) in [5.41, 5.74) is 2.89. The summed E-state index contributed by atoms with van der Waals surface area (Å²) in [5.74, 6) is -0.0271. The van der Waals surface area contributed by atoms with Gasteiger partial charge in [0.1, 0.15) is 0 Å². The molecule has 0 spiro atoms. The van der Waals surface area contributed by atoms with Crippen molar-refractivity contribution in [1.29, 1.82) is 0 Å². The van der Waals surface area contributed by atoms with Gasteiger partial charge in [0.05, 0.1) is 18.2 Å². The third kappa shape index (κ3) is 3.63. The highest BCUT2D eigenvalue weighted by molar-refractivity contribution is 5.79. The lowest BCUT2D eigenvalue weighted by Gasteiger charge is -2.18. The van der Waals surface area contributed by atoms with E-state index in [1.54, 1.807) is 23.3 Å². The second kappa shape index (κ2) is 6.87. The van der Waals surface area contributed by atoms with Gasteiger partial charge in [0.25, 0.3) is 0 Å². The fourth-order valence-corrected chi connectivity index (χ4v) is 2.53. The maximum absolute atomic E-state index is 12.2. The van der Waals surface area contributed by atoms with Gasteiger partial charge in [0, 0.05) is 24.8 Å². The third-order valence-electron chi connectivity index (χ3n) is 3.62. The zero-order valence-electron chi connectivity index (χ0n) is 12.9. The predicted molar refractivity (Wildman–Crippen MR) is 88.1 cm³/mol. The number of hydrogen-bond acceptors (Lipinski definition) is 3. The van der Waals surface area contributed by atoms with Gasteiger partial charge in [-0.15, -0.1) is 0 Å². The van der Waals surface area contributed by atoms with Crippen LogP contribution in [0.1, 0.15) is 24.1 Å². The fourth-order valence-electron chi connectivity index (χ4n) is 2.53. The van der Waals surface area contributed by atoms with Crippen molar-refractivity contribution in [3.63, 3.8) is 0 Å². The summed E-state index contributed by atoms with van der Waals surface area (Å²) in [7, 11) is 0. The molecule has 0 aliphatic carbocycles. The molecule has 0 aliphatic rings. The number of carbonyl (C=O) groups is 1. The molecule has 3 rings (SSSR count). The minimum atomic E-state index is -0.112. The quantitative estimate of drug-likeness (QED) is 0.788. The molecule has 0 fully saturated rings. The molecule has 1 N–H and O–H groups in total. The first-order chi connectivity index (χ1) is 11.2. The molecule has 0 bridgehead atoms. The molecule has 0 unspecified atom stereocenters. The summed E-state index contributed by atoms with van der Waals surface area (Å²) in [6.45, 7) is 1.98. The number of nitrogens with one attached hydrogen (secondary N) is 1. The van der Waals surface area contributed by atoms with E-state index in [2.05, 4.69) is 15.4 Å². The largest absolute Gasteiger partial charge is 0.349 e. The van der Waals surface area contributed by atoms with Crippen molar-refractivity contribution < 1.29 is 4.79 Å². The summed E-state index contributed by atoms with van der Waals surface area (Å²) < 4.78 is 1.80. The molecule has 5 nitrogen and oxygen atoms in total. The van der Waals surface area contributed by atoms with Crippen molar-refractivity contribution in [2.24, 2.45) is 0 Å². The fraction of sp³-hybridized carbons (Fsp3) is 0.167. The van der Waals surface area contributed by atoms with E-state index in [9.17, 15) is 4.79 Å². The van der Waals surface area contributed by atoms with Gasteiger partial charge in [-0.1, -0.05) is 24.3 Å². The second-order valence-electron chi connectivity index (χ2n) is 5.34. The second-order valence-corrected chi connectivity index (χ2v) is 5.34. The van der Waals surface area contributed by atoms with E-state index >= 15 is 0 Å². The highest BCUT2D eigenvalue weighted by atomic mass is 16.1. The van der Waals surface area contributed by atoms with Crippen LogP contribution in [-0.2, 0) is 11.2 Å². The smallest absolute Gasteiger partial charge is 0.224 e. The zero-order chi connectivity index (χ0) is 16.1. The summed E-state index contributed by atoms with van der Waals surface area (Å²) in [6, 6.07) is 13.4. The topological polar surface area (TPSA) is 59.8 Å². The van der Waals surface area contributed by atoms with Gasteiger partial charge in [-0.25, -0.2) is 4.68 Å². The van der Waals surface area contributed by atoms with Gasteiger partial charge < -0.3 is 5.32 Å². The summed E-state index contributed by atoms with van der Waals surface area (Å²) in [6.07, 6.45) is 7.36. The van der Waals surface area contributed by atoms with Gasteiger partial charge in [0.15, 0.2) is 0 Å². The van der Waals surface area contributed by atoms with Gasteiger partial charge in [-0.3, -0.25) is 9.78 Å². The van der Waals surface area contributed by atoms with Crippen LogP contribution in [0.25, 0.3) is 5.69 Å². The Morgan fingerprint density at radius 1 is 1.17 bits per heavy atom. The molecule has 5 heteroatoms. The molecule has 23 heavy (non-hydrogen) atoms. The third-order valence-corrected chi connectivity index (χ3v) is 3.62. The Bertz CT molecular complexity index is 769. The average molecular weight is 306 g/mol. The number of hydrogen-bond donors (Lipinski definition) is 1. The zero-order valence-corrected chi connectivity index (χ0v) is 12.9. The lowest BCUT2D eigenvalue weighted by Crippen LogP contribution is -2.28. The Kier molecular flexibility index (Phi) is 4.47. The molecular formula is C18H18N4O. The highest BCUT2D eigenvalue weighted by Gasteiger charge is 2.14. The number of aromatic nitrogens is 3. The van der Waals surface area contributed by atoms with Gasteiger partial charge in [0.2, 0.25) is 5.91 Å². The molecule has 2 aromatic heterocycles. The molecule has 1 aromatic carbocycles. The number of benzene rings is 1. The minimum absolute atomic E-state index is 0.0271. The molecule has 1 atom stereocenters. The van der Waals surface area contributed by atoms with Crippen molar-refractivity contribution >= 4 is 5.91 Å². The first-order valence-electron chi connectivity index (χ1n) is 7.51. The van der Waals surface area contributed by atoms with Crippen molar-refractivity contribution in [2.45, 2.75) is 19.4 Å². The van der Waals surface area contributed by atoms with Gasteiger partial charge in [-0.2, -0.15) is 5.10 Å². The van der Waals surface area contributed by atoms with Crippen LogP contribution < -0.4 is 5.32 Å². The molecule has 2 heterocycles. The Morgan fingerprint density at radius 3 is 2.78 bits per heavy atom. The monoisotopic (exact) mass is 306 g/mol. The first kappa shape index (κ1) is 15.0. The lowest BCUT2D eigenvalue weighted by atomic mass is 10.1. The van der Waals surface area contributed by atoms with Crippen LogP contribution in [0, 0.1) is 0 Å². The standard InChI is InChI=1S/C18H18N4O/c1-14(21-18(23)12-15-6-4-9-19-13-15)16-7-2-3-8-17(16)22-11-5-10-20-22/h2-11,13-14H,12H2,1H3,(H,21,23)/t14-/m1/s1. The Balaban J connectivity index is 1.74. The highest BCUT2D eigenvalue weighted by Crippen LogP contribution is 2.21. The van der Waals surface area contributed by atoms with Crippen molar-refractivity contribution in [3.8, 4) is 5.69 Å². The molecule has 0 saturated heterocycles. The summed E-state index contributed by atoms with van der Waals surface area (Å²) >= 11 is 0. The van der Waals surface area contributed by atoms with Crippen LogP contribution in [0.3, 0.4) is 0 Å². The van der Waals surface area contributed by atoms with Crippen LogP contribution in [0.15, 0.2) is 67.3 Å². The minimum Gasteiger partial charge on any atom is -0.349 e. The Morgan fingerprint density at radius 2 is 2.04 bits per heavy atom. The van der Waals surface area contributed by atoms with E-state index in [1.807, 2.05) is 55.6 Å². The first-order valence-corrected chi connectivity index (χ1v) is 7.51. The van der Waals surface area contributed by atoms with E-state index < -0.39 is 0 Å².